The van der Waals surface area contributed by atoms with Crippen molar-refractivity contribution in [1.82, 2.24) is 14.5 Å². The van der Waals surface area contributed by atoms with Crippen molar-refractivity contribution < 1.29 is 4.79 Å². The zero-order valence-electron chi connectivity index (χ0n) is 11.7. The summed E-state index contributed by atoms with van der Waals surface area (Å²) in [6, 6.07) is 6.20. The number of carbonyl (C=O) groups excluding carboxylic acids is 1. The molecule has 20 heavy (non-hydrogen) atoms. The number of carbonyl (C=O) groups is 1. The summed E-state index contributed by atoms with van der Waals surface area (Å²) in [7, 11) is 1.88. The number of nitrogens with zero attached hydrogens (tertiary/aromatic N) is 3. The van der Waals surface area contributed by atoms with Gasteiger partial charge in [-0.2, -0.15) is 0 Å². The van der Waals surface area contributed by atoms with Crippen LogP contribution >= 0.6 is 0 Å². The van der Waals surface area contributed by atoms with Gasteiger partial charge in [-0.3, -0.25) is 4.79 Å². The second-order valence-corrected chi connectivity index (χ2v) is 5.03. The summed E-state index contributed by atoms with van der Waals surface area (Å²) >= 11 is 0. The van der Waals surface area contributed by atoms with Crippen LogP contribution in [0.25, 0.3) is 22.3 Å². The predicted octanol–water partition coefficient (Wildman–Crippen LogP) is 3.06. The first-order valence-electron chi connectivity index (χ1n) is 6.44. The predicted molar refractivity (Wildman–Crippen MR) is 78.8 cm³/mol. The zero-order valence-corrected chi connectivity index (χ0v) is 11.7. The van der Waals surface area contributed by atoms with E-state index in [1.54, 1.807) is 12.5 Å². The molecule has 2 aromatic heterocycles. The highest BCUT2D eigenvalue weighted by atomic mass is 16.1. The fourth-order valence-electron chi connectivity index (χ4n) is 2.44. The second-order valence-electron chi connectivity index (χ2n) is 5.03. The van der Waals surface area contributed by atoms with Crippen molar-refractivity contribution in [2.45, 2.75) is 13.8 Å². The van der Waals surface area contributed by atoms with Crippen LogP contribution in [-0.4, -0.2) is 20.8 Å². The first kappa shape index (κ1) is 12.5. The summed E-state index contributed by atoms with van der Waals surface area (Å²) < 4.78 is 1.85. The van der Waals surface area contributed by atoms with Crippen LogP contribution in [0, 0.1) is 13.8 Å². The Kier molecular flexibility index (Phi) is 2.86. The maximum absolute atomic E-state index is 11.3. The Hall–Kier alpha value is -2.49. The number of aromatic nitrogens is 3. The van der Waals surface area contributed by atoms with Gasteiger partial charge in [0.15, 0.2) is 6.29 Å². The molecule has 0 atom stereocenters. The van der Waals surface area contributed by atoms with E-state index in [0.717, 1.165) is 28.6 Å². The van der Waals surface area contributed by atoms with Crippen LogP contribution in [0.3, 0.4) is 0 Å². The van der Waals surface area contributed by atoms with E-state index in [2.05, 4.69) is 35.9 Å². The molecule has 4 nitrogen and oxygen atoms in total. The highest BCUT2D eigenvalue weighted by molar-refractivity contribution is 6.03. The molecule has 0 saturated heterocycles. The average molecular weight is 265 g/mol. The molecule has 0 N–H and O–H groups in total. The van der Waals surface area contributed by atoms with Gasteiger partial charge >= 0.3 is 0 Å². The lowest BCUT2D eigenvalue weighted by Gasteiger charge is -2.06. The van der Waals surface area contributed by atoms with Crippen molar-refractivity contribution in [3.05, 3.63) is 47.4 Å². The minimum atomic E-state index is 0.622. The molecule has 3 rings (SSSR count). The topological polar surface area (TPSA) is 47.8 Å². The lowest BCUT2D eigenvalue weighted by molar-refractivity contribution is 0.112. The minimum absolute atomic E-state index is 0.622. The van der Waals surface area contributed by atoms with E-state index in [-0.39, 0.29) is 0 Å². The molecule has 0 fully saturated rings. The Bertz CT molecular complexity index is 818. The highest BCUT2D eigenvalue weighted by Crippen LogP contribution is 2.29. The van der Waals surface area contributed by atoms with Crippen molar-refractivity contribution in [1.29, 1.82) is 0 Å². The van der Waals surface area contributed by atoms with Gasteiger partial charge in [-0.05, 0) is 31.0 Å². The number of hydrogen-bond donors (Lipinski definition) is 0. The molecule has 3 aromatic rings. The molecule has 2 heterocycles. The summed E-state index contributed by atoms with van der Waals surface area (Å²) in [6.45, 7) is 4.15. The smallest absolute Gasteiger partial charge is 0.152 e. The van der Waals surface area contributed by atoms with Crippen molar-refractivity contribution in [3.63, 3.8) is 0 Å². The van der Waals surface area contributed by atoms with Crippen LogP contribution in [0.1, 0.15) is 21.5 Å². The second kappa shape index (κ2) is 4.56. The first-order valence-corrected chi connectivity index (χ1v) is 6.44. The Morgan fingerprint density at radius 1 is 1.15 bits per heavy atom. The van der Waals surface area contributed by atoms with Gasteiger partial charge in [-0.1, -0.05) is 12.1 Å². The molecule has 0 aliphatic heterocycles. The maximum Gasteiger partial charge on any atom is 0.152 e. The zero-order chi connectivity index (χ0) is 14.3. The number of aldehydes is 1. The minimum Gasteiger partial charge on any atom is -0.335 e. The van der Waals surface area contributed by atoms with Gasteiger partial charge in [-0.15, -0.1) is 0 Å². The average Bonchev–Trinajstić information content (AvgIpc) is 2.79. The van der Waals surface area contributed by atoms with E-state index < -0.39 is 0 Å². The Morgan fingerprint density at radius 3 is 2.65 bits per heavy atom. The van der Waals surface area contributed by atoms with Gasteiger partial charge in [0.1, 0.15) is 12.0 Å². The van der Waals surface area contributed by atoms with Crippen LogP contribution in [-0.2, 0) is 7.05 Å². The molecule has 0 unspecified atom stereocenters. The standard InChI is InChI=1S/C16H15N3O/c1-10-4-5-12(6-11(10)2)15-14-13(8-20)7-19(3)16(14)18-9-17-15/h4-9H,1-3H3. The first-order chi connectivity index (χ1) is 9.61. The quantitative estimate of drug-likeness (QED) is 0.669. The number of fused-ring (bicyclic) bond motifs is 1. The lowest BCUT2D eigenvalue weighted by atomic mass is 10.0. The molecule has 4 heteroatoms. The van der Waals surface area contributed by atoms with Crippen LogP contribution < -0.4 is 0 Å². The molecule has 0 spiro atoms. The van der Waals surface area contributed by atoms with Gasteiger partial charge in [0.2, 0.25) is 0 Å². The molecule has 0 aliphatic rings. The van der Waals surface area contributed by atoms with Gasteiger partial charge in [-0.25, -0.2) is 9.97 Å². The molecular weight excluding hydrogens is 250 g/mol. The number of benzene rings is 1. The molecule has 1 aromatic carbocycles. The summed E-state index contributed by atoms with van der Waals surface area (Å²) in [5.41, 5.74) is 5.66. The maximum atomic E-state index is 11.3. The van der Waals surface area contributed by atoms with Gasteiger partial charge < -0.3 is 4.57 Å². The fourth-order valence-corrected chi connectivity index (χ4v) is 2.44. The monoisotopic (exact) mass is 265 g/mol. The molecular formula is C16H15N3O. The molecule has 0 aliphatic carbocycles. The SMILES string of the molecule is Cc1ccc(-c2ncnc3c2c(C=O)cn3C)cc1C. The van der Waals surface area contributed by atoms with E-state index in [9.17, 15) is 4.79 Å². The van der Waals surface area contributed by atoms with Crippen LogP contribution in [0.4, 0.5) is 0 Å². The Morgan fingerprint density at radius 2 is 1.95 bits per heavy atom. The van der Waals surface area contributed by atoms with E-state index >= 15 is 0 Å². The fraction of sp³-hybridized carbons (Fsp3) is 0.188. The molecule has 0 radical (unpaired) electrons. The summed E-state index contributed by atoms with van der Waals surface area (Å²) in [5, 5.41) is 0.813. The van der Waals surface area contributed by atoms with Gasteiger partial charge in [0.05, 0.1) is 11.1 Å². The number of rotatable bonds is 2. The number of aryl methyl sites for hydroxylation is 3. The van der Waals surface area contributed by atoms with E-state index in [1.165, 1.54) is 11.1 Å². The Balaban J connectivity index is 2.35. The van der Waals surface area contributed by atoms with Crippen LogP contribution in [0.5, 0.6) is 0 Å². The summed E-state index contributed by atoms with van der Waals surface area (Å²) in [4.78, 5) is 19.9. The Labute approximate surface area is 117 Å². The summed E-state index contributed by atoms with van der Waals surface area (Å²) in [5.74, 6) is 0. The van der Waals surface area contributed by atoms with Crippen molar-refractivity contribution in [3.8, 4) is 11.3 Å². The van der Waals surface area contributed by atoms with E-state index in [4.69, 9.17) is 0 Å². The molecule has 0 bridgehead atoms. The molecule has 0 amide bonds. The van der Waals surface area contributed by atoms with E-state index in [1.807, 2.05) is 17.7 Å². The van der Waals surface area contributed by atoms with Crippen LogP contribution in [0.15, 0.2) is 30.7 Å². The third kappa shape index (κ3) is 1.81. The highest BCUT2D eigenvalue weighted by Gasteiger charge is 2.14. The molecule has 100 valence electrons. The van der Waals surface area contributed by atoms with Gasteiger partial charge in [0.25, 0.3) is 0 Å². The normalized spacial score (nSPS) is 10.9. The van der Waals surface area contributed by atoms with Crippen LogP contribution in [0.2, 0.25) is 0 Å². The van der Waals surface area contributed by atoms with Crippen molar-refractivity contribution >= 4 is 17.3 Å². The molecule has 0 saturated carbocycles. The van der Waals surface area contributed by atoms with Crippen molar-refractivity contribution in [2.75, 3.05) is 0 Å². The van der Waals surface area contributed by atoms with E-state index in [0.29, 0.717) is 5.56 Å². The third-order valence-corrected chi connectivity index (χ3v) is 3.69. The third-order valence-electron chi connectivity index (χ3n) is 3.69. The number of hydrogen-bond acceptors (Lipinski definition) is 3. The summed E-state index contributed by atoms with van der Waals surface area (Å²) in [6.07, 6.45) is 4.19. The lowest BCUT2D eigenvalue weighted by Crippen LogP contribution is -1.93. The van der Waals surface area contributed by atoms with Crippen molar-refractivity contribution in [2.24, 2.45) is 7.05 Å². The van der Waals surface area contributed by atoms with Gasteiger partial charge in [0, 0.05) is 24.4 Å². The largest absolute Gasteiger partial charge is 0.335 e.